The number of fused-ring (bicyclic) bond motifs is 1. The summed E-state index contributed by atoms with van der Waals surface area (Å²) in [5.74, 6) is 0.545. The Hall–Kier alpha value is -2.05. The van der Waals surface area contributed by atoms with Crippen molar-refractivity contribution >= 4 is 17.8 Å². The summed E-state index contributed by atoms with van der Waals surface area (Å²) in [6.45, 7) is 8.46. The smallest absolute Gasteiger partial charge is 0.410 e. The van der Waals surface area contributed by atoms with Gasteiger partial charge in [0, 0.05) is 18.5 Å². The molecule has 1 aromatic rings. The van der Waals surface area contributed by atoms with E-state index in [-0.39, 0.29) is 12.0 Å². The number of nitrogens with one attached hydrogen (secondary N) is 2. The minimum Gasteiger partial charge on any atom is -0.444 e. The average molecular weight is 308 g/mol. The summed E-state index contributed by atoms with van der Waals surface area (Å²) in [5.41, 5.74) is 1.32. The Kier molecular flexibility index (Phi) is 4.73. The number of rotatable bonds is 3. The normalized spacial score (nSPS) is 14.5. The van der Waals surface area contributed by atoms with Crippen LogP contribution in [0.25, 0.3) is 0 Å². The van der Waals surface area contributed by atoms with Gasteiger partial charge in [-0.2, -0.15) is 5.10 Å². The first-order valence-electron chi connectivity index (χ1n) is 7.64. The van der Waals surface area contributed by atoms with E-state index in [9.17, 15) is 9.59 Å². The maximum absolute atomic E-state index is 12.1. The first-order chi connectivity index (χ1) is 10.3. The highest BCUT2D eigenvalue weighted by Crippen LogP contribution is 2.25. The van der Waals surface area contributed by atoms with Gasteiger partial charge in [-0.25, -0.2) is 4.79 Å². The largest absolute Gasteiger partial charge is 0.444 e. The van der Waals surface area contributed by atoms with Crippen molar-refractivity contribution in [1.29, 1.82) is 0 Å². The van der Waals surface area contributed by atoms with Crippen LogP contribution in [0.15, 0.2) is 0 Å². The number of ether oxygens (including phenoxy) is 1. The molecule has 0 aromatic carbocycles. The van der Waals surface area contributed by atoms with Gasteiger partial charge in [-0.3, -0.25) is 9.89 Å². The number of anilines is 1. The van der Waals surface area contributed by atoms with Crippen molar-refractivity contribution in [3.8, 4) is 0 Å². The number of hydrogen-bond donors (Lipinski definition) is 2. The number of amides is 2. The van der Waals surface area contributed by atoms with Crippen LogP contribution in [-0.2, 0) is 22.5 Å². The van der Waals surface area contributed by atoms with Gasteiger partial charge in [0.1, 0.15) is 5.60 Å². The maximum Gasteiger partial charge on any atom is 0.410 e. The standard InChI is InChI=1S/C15H24N4O3/c1-5-6-12(20)16-13-10-7-8-19(9-11(10)17-18-13)14(21)22-15(2,3)4/h5-9H2,1-4H3,(H2,16,17,18,20). The van der Waals surface area contributed by atoms with Gasteiger partial charge >= 0.3 is 6.09 Å². The van der Waals surface area contributed by atoms with Crippen LogP contribution >= 0.6 is 0 Å². The van der Waals surface area contributed by atoms with E-state index in [4.69, 9.17) is 4.74 Å². The maximum atomic E-state index is 12.1. The number of aromatic amines is 1. The van der Waals surface area contributed by atoms with E-state index in [0.717, 1.165) is 17.7 Å². The van der Waals surface area contributed by atoms with Crippen molar-refractivity contribution in [2.75, 3.05) is 11.9 Å². The fourth-order valence-corrected chi connectivity index (χ4v) is 2.33. The lowest BCUT2D eigenvalue weighted by Crippen LogP contribution is -2.39. The number of H-pyrrole nitrogens is 1. The van der Waals surface area contributed by atoms with Gasteiger partial charge in [-0.15, -0.1) is 0 Å². The third kappa shape index (κ3) is 3.99. The predicted molar refractivity (Wildman–Crippen MR) is 82.5 cm³/mol. The number of hydrogen-bond acceptors (Lipinski definition) is 4. The zero-order valence-corrected chi connectivity index (χ0v) is 13.7. The lowest BCUT2D eigenvalue weighted by atomic mass is 10.1. The molecule has 7 heteroatoms. The fourth-order valence-electron chi connectivity index (χ4n) is 2.33. The molecule has 22 heavy (non-hydrogen) atoms. The molecule has 122 valence electrons. The molecule has 0 unspecified atom stereocenters. The molecule has 0 fully saturated rings. The average Bonchev–Trinajstić information content (AvgIpc) is 2.79. The Morgan fingerprint density at radius 1 is 1.41 bits per heavy atom. The van der Waals surface area contributed by atoms with E-state index >= 15 is 0 Å². The SMILES string of the molecule is CCCC(=O)Nc1n[nH]c2c1CCN(C(=O)OC(C)(C)C)C2. The lowest BCUT2D eigenvalue weighted by molar-refractivity contribution is -0.116. The third-order valence-electron chi connectivity index (χ3n) is 3.32. The van der Waals surface area contributed by atoms with Crippen molar-refractivity contribution in [3.05, 3.63) is 11.3 Å². The minimum absolute atomic E-state index is 0.0358. The topological polar surface area (TPSA) is 87.3 Å². The first-order valence-corrected chi connectivity index (χ1v) is 7.64. The van der Waals surface area contributed by atoms with Gasteiger partial charge in [-0.1, -0.05) is 6.92 Å². The minimum atomic E-state index is -0.509. The molecular weight excluding hydrogens is 284 g/mol. The van der Waals surface area contributed by atoms with E-state index in [2.05, 4.69) is 15.5 Å². The second-order valence-corrected chi connectivity index (χ2v) is 6.48. The number of carbonyl (C=O) groups excluding carboxylic acids is 2. The van der Waals surface area contributed by atoms with E-state index < -0.39 is 5.60 Å². The highest BCUT2D eigenvalue weighted by atomic mass is 16.6. The van der Waals surface area contributed by atoms with Crippen molar-refractivity contribution < 1.29 is 14.3 Å². The predicted octanol–water partition coefficient (Wildman–Crippen LogP) is 2.44. The van der Waals surface area contributed by atoms with Gasteiger partial charge in [-0.05, 0) is 33.6 Å². The van der Waals surface area contributed by atoms with Crippen LogP contribution in [0.4, 0.5) is 10.6 Å². The summed E-state index contributed by atoms with van der Waals surface area (Å²) in [7, 11) is 0. The first kappa shape index (κ1) is 16.3. The summed E-state index contributed by atoms with van der Waals surface area (Å²) >= 11 is 0. The molecule has 0 aliphatic carbocycles. The summed E-state index contributed by atoms with van der Waals surface area (Å²) in [6.07, 6.45) is 1.59. The van der Waals surface area contributed by atoms with Crippen molar-refractivity contribution in [2.24, 2.45) is 0 Å². The Bertz CT molecular complexity index is 560. The lowest BCUT2D eigenvalue weighted by Gasteiger charge is -2.29. The fraction of sp³-hybridized carbons (Fsp3) is 0.667. The summed E-state index contributed by atoms with van der Waals surface area (Å²) in [4.78, 5) is 25.4. The van der Waals surface area contributed by atoms with Crippen LogP contribution in [0.5, 0.6) is 0 Å². The van der Waals surface area contributed by atoms with Crippen molar-refractivity contribution in [3.63, 3.8) is 0 Å². The number of carbonyl (C=O) groups is 2. The molecule has 1 aliphatic rings. The van der Waals surface area contributed by atoms with Gasteiger partial charge < -0.3 is 15.0 Å². The van der Waals surface area contributed by atoms with Gasteiger partial charge in [0.2, 0.25) is 5.91 Å². The van der Waals surface area contributed by atoms with Crippen LogP contribution < -0.4 is 5.32 Å². The van der Waals surface area contributed by atoms with Gasteiger partial charge in [0.15, 0.2) is 5.82 Å². The van der Waals surface area contributed by atoms with E-state index in [1.54, 1.807) is 4.90 Å². The Morgan fingerprint density at radius 2 is 2.14 bits per heavy atom. The Balaban J connectivity index is 2.02. The highest BCUT2D eigenvalue weighted by molar-refractivity contribution is 5.90. The molecule has 2 rings (SSSR count). The van der Waals surface area contributed by atoms with Crippen LogP contribution in [0.2, 0.25) is 0 Å². The van der Waals surface area contributed by atoms with Gasteiger partial charge in [0.25, 0.3) is 0 Å². The molecule has 0 spiro atoms. The quantitative estimate of drug-likeness (QED) is 0.898. The molecule has 1 aromatic heterocycles. The summed E-state index contributed by atoms with van der Waals surface area (Å²) in [6, 6.07) is 0. The molecule has 2 amide bonds. The second kappa shape index (κ2) is 6.37. The molecule has 2 N–H and O–H groups in total. The zero-order chi connectivity index (χ0) is 16.3. The van der Waals surface area contributed by atoms with E-state index in [1.165, 1.54) is 0 Å². The van der Waals surface area contributed by atoms with Gasteiger partial charge in [0.05, 0.1) is 12.2 Å². The molecular formula is C15H24N4O3. The molecule has 0 atom stereocenters. The van der Waals surface area contributed by atoms with Crippen LogP contribution in [-0.4, -0.2) is 39.2 Å². The molecule has 1 aliphatic heterocycles. The van der Waals surface area contributed by atoms with Crippen LogP contribution in [0.1, 0.15) is 51.8 Å². The van der Waals surface area contributed by atoms with Crippen molar-refractivity contribution in [1.82, 2.24) is 15.1 Å². The molecule has 0 saturated carbocycles. The Labute approximate surface area is 130 Å². The van der Waals surface area contributed by atoms with Crippen molar-refractivity contribution in [2.45, 2.75) is 59.1 Å². The van der Waals surface area contributed by atoms with Crippen LogP contribution in [0.3, 0.4) is 0 Å². The van der Waals surface area contributed by atoms with Crippen LogP contribution in [0, 0.1) is 0 Å². The molecule has 0 bridgehead atoms. The number of aromatic nitrogens is 2. The molecule has 0 radical (unpaired) electrons. The summed E-state index contributed by atoms with van der Waals surface area (Å²) in [5, 5.41) is 9.88. The zero-order valence-electron chi connectivity index (χ0n) is 13.7. The molecule has 2 heterocycles. The van der Waals surface area contributed by atoms with E-state index in [0.29, 0.717) is 31.7 Å². The van der Waals surface area contributed by atoms with E-state index in [1.807, 2.05) is 27.7 Å². The Morgan fingerprint density at radius 3 is 2.77 bits per heavy atom. The molecule has 0 saturated heterocycles. The highest BCUT2D eigenvalue weighted by Gasteiger charge is 2.28. The summed E-state index contributed by atoms with van der Waals surface area (Å²) < 4.78 is 5.38. The number of nitrogens with zero attached hydrogens (tertiary/aromatic N) is 2. The molecule has 7 nitrogen and oxygen atoms in total. The second-order valence-electron chi connectivity index (χ2n) is 6.48. The monoisotopic (exact) mass is 308 g/mol. The third-order valence-corrected chi connectivity index (χ3v) is 3.32.